The maximum atomic E-state index is 11.8. The lowest BCUT2D eigenvalue weighted by Gasteiger charge is -2.09. The molecule has 19 heavy (non-hydrogen) atoms. The van der Waals surface area contributed by atoms with E-state index in [1.54, 1.807) is 6.07 Å². The second-order valence-electron chi connectivity index (χ2n) is 3.77. The molecule has 0 aliphatic heterocycles. The quantitative estimate of drug-likeness (QED) is 0.797. The Balaban J connectivity index is 2.19. The van der Waals surface area contributed by atoms with Crippen LogP contribution in [0.2, 0.25) is 5.02 Å². The molecule has 98 valence electrons. The molecule has 1 aromatic carbocycles. The SMILES string of the molecule is O=C(Cc1ccn[nH]1)Nc1c(Cl)cccc1C(=O)O. The third kappa shape index (κ3) is 3.11. The smallest absolute Gasteiger partial charge is 0.337 e. The van der Waals surface area contributed by atoms with Gasteiger partial charge in [-0.3, -0.25) is 9.89 Å². The van der Waals surface area contributed by atoms with E-state index in [-0.39, 0.29) is 28.6 Å². The summed E-state index contributed by atoms with van der Waals surface area (Å²) >= 11 is 5.90. The highest BCUT2D eigenvalue weighted by atomic mass is 35.5. The summed E-state index contributed by atoms with van der Waals surface area (Å²) in [5.74, 6) is -1.53. The maximum absolute atomic E-state index is 11.8. The second-order valence-corrected chi connectivity index (χ2v) is 4.18. The zero-order valence-electron chi connectivity index (χ0n) is 9.68. The zero-order chi connectivity index (χ0) is 13.8. The Hall–Kier alpha value is -2.34. The molecule has 0 atom stereocenters. The van der Waals surface area contributed by atoms with Crippen LogP contribution in [0.25, 0.3) is 0 Å². The molecular formula is C12H10ClN3O3. The molecular weight excluding hydrogens is 270 g/mol. The van der Waals surface area contributed by atoms with Crippen molar-refractivity contribution in [2.45, 2.75) is 6.42 Å². The van der Waals surface area contributed by atoms with Crippen LogP contribution in [0.4, 0.5) is 5.69 Å². The molecule has 0 aliphatic rings. The van der Waals surface area contributed by atoms with Gasteiger partial charge in [-0.15, -0.1) is 0 Å². The first-order chi connectivity index (χ1) is 9.08. The number of hydrogen-bond acceptors (Lipinski definition) is 3. The number of nitrogens with one attached hydrogen (secondary N) is 2. The number of nitrogens with zero attached hydrogens (tertiary/aromatic N) is 1. The van der Waals surface area contributed by atoms with E-state index in [1.807, 2.05) is 0 Å². The number of H-pyrrole nitrogens is 1. The summed E-state index contributed by atoms with van der Waals surface area (Å²) in [6, 6.07) is 6.06. The molecule has 0 bridgehead atoms. The Labute approximate surface area is 113 Å². The van der Waals surface area contributed by atoms with Crippen LogP contribution >= 0.6 is 11.6 Å². The van der Waals surface area contributed by atoms with Crippen molar-refractivity contribution in [3.05, 3.63) is 46.7 Å². The van der Waals surface area contributed by atoms with Crippen LogP contribution in [0.15, 0.2) is 30.5 Å². The topological polar surface area (TPSA) is 95.1 Å². The summed E-state index contributed by atoms with van der Waals surface area (Å²) in [7, 11) is 0. The van der Waals surface area contributed by atoms with E-state index in [0.717, 1.165) is 0 Å². The highest BCUT2D eigenvalue weighted by Gasteiger charge is 2.15. The van der Waals surface area contributed by atoms with E-state index >= 15 is 0 Å². The van der Waals surface area contributed by atoms with Crippen molar-refractivity contribution in [3.63, 3.8) is 0 Å². The first kappa shape index (κ1) is 13.1. The number of carboxylic acids is 1. The minimum Gasteiger partial charge on any atom is -0.478 e. The fourth-order valence-corrected chi connectivity index (χ4v) is 1.79. The van der Waals surface area contributed by atoms with Gasteiger partial charge in [0.15, 0.2) is 0 Å². The summed E-state index contributed by atoms with van der Waals surface area (Å²) in [6.07, 6.45) is 1.59. The molecule has 0 saturated heterocycles. The Morgan fingerprint density at radius 1 is 1.37 bits per heavy atom. The Morgan fingerprint density at radius 2 is 2.16 bits per heavy atom. The van der Waals surface area contributed by atoms with Crippen molar-refractivity contribution in [3.8, 4) is 0 Å². The first-order valence-electron chi connectivity index (χ1n) is 5.38. The van der Waals surface area contributed by atoms with Crippen LogP contribution in [-0.2, 0) is 11.2 Å². The molecule has 0 aliphatic carbocycles. The van der Waals surface area contributed by atoms with Gasteiger partial charge in [0.05, 0.1) is 22.7 Å². The summed E-state index contributed by atoms with van der Waals surface area (Å²) in [5, 5.41) is 18.1. The van der Waals surface area contributed by atoms with Crippen LogP contribution in [0.3, 0.4) is 0 Å². The van der Waals surface area contributed by atoms with Gasteiger partial charge in [0, 0.05) is 11.9 Å². The summed E-state index contributed by atoms with van der Waals surface area (Å²) < 4.78 is 0. The number of aromatic carboxylic acids is 1. The van der Waals surface area contributed by atoms with Gasteiger partial charge in [0.25, 0.3) is 0 Å². The monoisotopic (exact) mass is 279 g/mol. The average Bonchev–Trinajstić information content (AvgIpc) is 2.84. The van der Waals surface area contributed by atoms with Crippen LogP contribution in [0, 0.1) is 0 Å². The molecule has 2 rings (SSSR count). The Bertz CT molecular complexity index is 611. The number of carbonyl (C=O) groups excluding carboxylic acids is 1. The van der Waals surface area contributed by atoms with E-state index in [0.29, 0.717) is 5.69 Å². The lowest BCUT2D eigenvalue weighted by atomic mass is 10.1. The Kier molecular flexibility index (Phi) is 3.82. The van der Waals surface area contributed by atoms with Gasteiger partial charge in [-0.25, -0.2) is 4.79 Å². The lowest BCUT2D eigenvalue weighted by molar-refractivity contribution is -0.115. The first-order valence-corrected chi connectivity index (χ1v) is 5.75. The lowest BCUT2D eigenvalue weighted by Crippen LogP contribution is -2.17. The number of hydrogen-bond donors (Lipinski definition) is 3. The number of anilines is 1. The molecule has 0 unspecified atom stereocenters. The fraction of sp³-hybridized carbons (Fsp3) is 0.0833. The molecule has 0 radical (unpaired) electrons. The van der Waals surface area contributed by atoms with Crippen LogP contribution in [0.1, 0.15) is 16.1 Å². The molecule has 0 saturated carbocycles. The van der Waals surface area contributed by atoms with Crippen molar-refractivity contribution in [1.29, 1.82) is 0 Å². The maximum Gasteiger partial charge on any atom is 0.337 e. The van der Waals surface area contributed by atoms with Crippen LogP contribution in [0.5, 0.6) is 0 Å². The molecule has 2 aromatic rings. The van der Waals surface area contributed by atoms with Gasteiger partial charge >= 0.3 is 5.97 Å². The van der Waals surface area contributed by atoms with E-state index in [4.69, 9.17) is 16.7 Å². The van der Waals surface area contributed by atoms with E-state index in [1.165, 1.54) is 24.4 Å². The summed E-state index contributed by atoms with van der Waals surface area (Å²) in [6.45, 7) is 0. The molecule has 1 aromatic heterocycles. The van der Waals surface area contributed by atoms with Gasteiger partial charge < -0.3 is 10.4 Å². The van der Waals surface area contributed by atoms with E-state index < -0.39 is 5.97 Å². The zero-order valence-corrected chi connectivity index (χ0v) is 10.4. The fourth-order valence-electron chi connectivity index (χ4n) is 1.57. The van der Waals surface area contributed by atoms with Gasteiger partial charge in [-0.1, -0.05) is 17.7 Å². The second kappa shape index (κ2) is 5.53. The highest BCUT2D eigenvalue weighted by Crippen LogP contribution is 2.26. The van der Waals surface area contributed by atoms with Crippen molar-refractivity contribution in [2.75, 3.05) is 5.32 Å². The van der Waals surface area contributed by atoms with Crippen LogP contribution < -0.4 is 5.32 Å². The summed E-state index contributed by atoms with van der Waals surface area (Å²) in [4.78, 5) is 22.8. The number of aromatic amines is 1. The predicted molar refractivity (Wildman–Crippen MR) is 69.3 cm³/mol. The molecule has 3 N–H and O–H groups in total. The predicted octanol–water partition coefficient (Wildman–Crippen LogP) is 1.94. The minimum absolute atomic E-state index is 0.0505. The molecule has 6 nitrogen and oxygen atoms in total. The van der Waals surface area contributed by atoms with Crippen molar-refractivity contribution < 1.29 is 14.7 Å². The standard InChI is InChI=1S/C12H10ClN3O3/c13-9-3-1-2-8(12(18)19)11(9)15-10(17)6-7-4-5-14-16-7/h1-5H,6H2,(H,14,16)(H,15,17)(H,18,19). The minimum atomic E-state index is -1.15. The van der Waals surface area contributed by atoms with Gasteiger partial charge in [0.1, 0.15) is 0 Å². The number of amides is 1. The number of aromatic nitrogens is 2. The normalized spacial score (nSPS) is 10.2. The number of rotatable bonds is 4. The van der Waals surface area contributed by atoms with Gasteiger partial charge in [0.2, 0.25) is 5.91 Å². The van der Waals surface area contributed by atoms with Crippen LogP contribution in [-0.4, -0.2) is 27.2 Å². The molecule has 1 heterocycles. The van der Waals surface area contributed by atoms with Crippen molar-refractivity contribution in [2.24, 2.45) is 0 Å². The summed E-state index contributed by atoms with van der Waals surface area (Å²) in [5.41, 5.74) is 0.674. The van der Waals surface area contributed by atoms with E-state index in [9.17, 15) is 9.59 Å². The van der Waals surface area contributed by atoms with Gasteiger partial charge in [-0.2, -0.15) is 5.10 Å². The number of benzene rings is 1. The number of para-hydroxylation sites is 1. The number of carboxylic acid groups (broad SMARTS) is 1. The average molecular weight is 280 g/mol. The highest BCUT2D eigenvalue weighted by molar-refractivity contribution is 6.34. The molecule has 1 amide bonds. The van der Waals surface area contributed by atoms with Gasteiger partial charge in [-0.05, 0) is 18.2 Å². The molecule has 7 heteroatoms. The molecule has 0 fully saturated rings. The third-order valence-corrected chi connectivity index (χ3v) is 2.73. The Morgan fingerprint density at radius 3 is 2.79 bits per heavy atom. The largest absolute Gasteiger partial charge is 0.478 e. The van der Waals surface area contributed by atoms with E-state index in [2.05, 4.69) is 15.5 Å². The number of carbonyl (C=O) groups is 2. The number of halogens is 1. The van der Waals surface area contributed by atoms with Crippen molar-refractivity contribution >= 4 is 29.2 Å². The van der Waals surface area contributed by atoms with Crippen molar-refractivity contribution in [1.82, 2.24) is 10.2 Å². The third-order valence-electron chi connectivity index (χ3n) is 2.42. The molecule has 0 spiro atoms.